The zero-order valence-electron chi connectivity index (χ0n) is 16.0. The Balaban J connectivity index is 1.77. The maximum Gasteiger partial charge on any atom is 0.338 e. The Labute approximate surface area is 170 Å². The number of ether oxygens (including phenoxy) is 2. The minimum atomic E-state index is -0.367. The Hall–Kier alpha value is -2.93. The summed E-state index contributed by atoms with van der Waals surface area (Å²) >= 11 is 5.13. The van der Waals surface area contributed by atoms with Crippen LogP contribution in [0.2, 0.25) is 0 Å². The van der Waals surface area contributed by atoms with Gasteiger partial charge >= 0.3 is 5.97 Å². The molecule has 0 unspecified atom stereocenters. The molecule has 6 nitrogen and oxygen atoms in total. The summed E-state index contributed by atoms with van der Waals surface area (Å²) < 4.78 is 10.5. The van der Waals surface area contributed by atoms with Gasteiger partial charge in [0.05, 0.1) is 12.2 Å². The summed E-state index contributed by atoms with van der Waals surface area (Å²) in [5.74, 6) is -0.109. The van der Waals surface area contributed by atoms with Crippen LogP contribution >= 0.6 is 12.2 Å². The van der Waals surface area contributed by atoms with Gasteiger partial charge in [0.15, 0.2) is 11.7 Å². The Morgan fingerprint density at radius 3 is 2.29 bits per heavy atom. The van der Waals surface area contributed by atoms with E-state index in [0.29, 0.717) is 23.6 Å². The summed E-state index contributed by atoms with van der Waals surface area (Å²) in [5, 5.41) is 5.59. The van der Waals surface area contributed by atoms with Gasteiger partial charge in [-0.2, -0.15) is 0 Å². The fraction of sp³-hybridized carbons (Fsp3) is 0.286. The highest BCUT2D eigenvalue weighted by molar-refractivity contribution is 7.80. The van der Waals surface area contributed by atoms with Gasteiger partial charge < -0.3 is 14.8 Å². The number of carbonyl (C=O) groups excluding carboxylic acids is 2. The molecule has 0 aliphatic carbocycles. The Morgan fingerprint density at radius 1 is 1.00 bits per heavy atom. The zero-order chi connectivity index (χ0) is 20.4. The molecule has 148 valence electrons. The van der Waals surface area contributed by atoms with Gasteiger partial charge in [-0.1, -0.05) is 26.0 Å². The molecule has 28 heavy (non-hydrogen) atoms. The normalized spacial score (nSPS) is 10.1. The second kappa shape index (κ2) is 11.0. The lowest BCUT2D eigenvalue weighted by Crippen LogP contribution is -2.37. The van der Waals surface area contributed by atoms with E-state index >= 15 is 0 Å². The van der Waals surface area contributed by atoms with Crippen molar-refractivity contribution in [2.24, 2.45) is 0 Å². The molecule has 0 aliphatic heterocycles. The average molecular weight is 401 g/mol. The second-order valence-corrected chi connectivity index (χ2v) is 6.41. The van der Waals surface area contributed by atoms with Crippen LogP contribution in [0, 0.1) is 0 Å². The molecule has 0 aliphatic rings. The lowest BCUT2D eigenvalue weighted by molar-refractivity contribution is -0.121. The van der Waals surface area contributed by atoms with Gasteiger partial charge in [0.25, 0.3) is 5.91 Å². The molecule has 0 atom stereocenters. The number of nitrogens with one attached hydrogen (secondary N) is 2. The number of benzene rings is 2. The minimum Gasteiger partial charge on any atom is -0.484 e. The number of anilines is 1. The summed E-state index contributed by atoms with van der Waals surface area (Å²) in [6.07, 6.45) is 1.72. The standard InChI is InChI=1S/C21H24N2O4S/c1-3-13-26-20(25)16-7-9-17(10-8-16)22-21(28)23-19(24)14-27-18-11-5-15(4-2)6-12-18/h5-12H,3-4,13-14H2,1-2H3,(H2,22,23,24,28). The highest BCUT2D eigenvalue weighted by atomic mass is 32.1. The number of carbonyl (C=O) groups is 2. The monoisotopic (exact) mass is 400 g/mol. The third-order valence-electron chi connectivity index (χ3n) is 3.77. The van der Waals surface area contributed by atoms with Gasteiger partial charge in [-0.3, -0.25) is 10.1 Å². The number of rotatable bonds is 8. The van der Waals surface area contributed by atoms with E-state index in [9.17, 15) is 9.59 Å². The van der Waals surface area contributed by atoms with Crippen LogP contribution in [0.5, 0.6) is 5.75 Å². The van der Waals surface area contributed by atoms with E-state index in [1.807, 2.05) is 31.2 Å². The minimum absolute atomic E-state index is 0.143. The van der Waals surface area contributed by atoms with Gasteiger partial charge in [-0.15, -0.1) is 0 Å². The average Bonchev–Trinajstić information content (AvgIpc) is 2.71. The first-order valence-electron chi connectivity index (χ1n) is 9.11. The molecule has 0 saturated carbocycles. The molecule has 0 spiro atoms. The molecule has 2 aromatic rings. The number of esters is 1. The van der Waals surface area contributed by atoms with E-state index in [0.717, 1.165) is 12.8 Å². The van der Waals surface area contributed by atoms with E-state index in [-0.39, 0.29) is 23.6 Å². The van der Waals surface area contributed by atoms with Crippen LogP contribution in [-0.4, -0.2) is 30.2 Å². The van der Waals surface area contributed by atoms with E-state index in [1.165, 1.54) is 5.56 Å². The van der Waals surface area contributed by atoms with Crippen molar-refractivity contribution in [3.8, 4) is 5.75 Å². The topological polar surface area (TPSA) is 76.7 Å². The second-order valence-electron chi connectivity index (χ2n) is 6.00. The van der Waals surface area contributed by atoms with Crippen molar-refractivity contribution in [2.75, 3.05) is 18.5 Å². The van der Waals surface area contributed by atoms with E-state index in [2.05, 4.69) is 17.6 Å². The molecular weight excluding hydrogens is 376 g/mol. The summed E-state index contributed by atoms with van der Waals surface area (Å²) in [6, 6.07) is 14.2. The molecular formula is C21H24N2O4S. The molecule has 0 aromatic heterocycles. The molecule has 0 radical (unpaired) electrons. The number of aryl methyl sites for hydroxylation is 1. The van der Waals surface area contributed by atoms with Crippen molar-refractivity contribution in [1.29, 1.82) is 0 Å². The van der Waals surface area contributed by atoms with Gasteiger partial charge in [0.2, 0.25) is 0 Å². The van der Waals surface area contributed by atoms with Crippen LogP contribution in [0.4, 0.5) is 5.69 Å². The highest BCUT2D eigenvalue weighted by Crippen LogP contribution is 2.13. The number of amides is 1. The third-order valence-corrected chi connectivity index (χ3v) is 3.97. The predicted octanol–water partition coefficient (Wildman–Crippen LogP) is 3.71. The fourth-order valence-electron chi connectivity index (χ4n) is 2.26. The van der Waals surface area contributed by atoms with Gasteiger partial charge in [-0.25, -0.2) is 4.79 Å². The van der Waals surface area contributed by atoms with Gasteiger partial charge in [0.1, 0.15) is 5.75 Å². The zero-order valence-corrected chi connectivity index (χ0v) is 16.8. The first-order chi connectivity index (χ1) is 13.5. The fourth-order valence-corrected chi connectivity index (χ4v) is 2.49. The number of hydrogen-bond acceptors (Lipinski definition) is 5. The molecule has 0 bridgehead atoms. The van der Waals surface area contributed by atoms with E-state index in [4.69, 9.17) is 21.7 Å². The largest absolute Gasteiger partial charge is 0.484 e. The van der Waals surface area contributed by atoms with Crippen molar-refractivity contribution in [3.05, 3.63) is 59.7 Å². The third kappa shape index (κ3) is 7.00. The van der Waals surface area contributed by atoms with Gasteiger partial charge in [0, 0.05) is 5.69 Å². The van der Waals surface area contributed by atoms with Crippen LogP contribution in [0.15, 0.2) is 48.5 Å². The summed E-state index contributed by atoms with van der Waals surface area (Å²) in [6.45, 7) is 4.25. The van der Waals surface area contributed by atoms with Crippen LogP contribution < -0.4 is 15.4 Å². The van der Waals surface area contributed by atoms with Crippen molar-refractivity contribution in [2.45, 2.75) is 26.7 Å². The van der Waals surface area contributed by atoms with E-state index < -0.39 is 0 Å². The Morgan fingerprint density at radius 2 is 1.68 bits per heavy atom. The molecule has 7 heteroatoms. The van der Waals surface area contributed by atoms with Crippen molar-refractivity contribution in [1.82, 2.24) is 5.32 Å². The van der Waals surface area contributed by atoms with Gasteiger partial charge in [-0.05, 0) is 67.0 Å². The van der Waals surface area contributed by atoms with Crippen LogP contribution in [0.1, 0.15) is 36.2 Å². The van der Waals surface area contributed by atoms with Crippen molar-refractivity contribution in [3.63, 3.8) is 0 Å². The number of hydrogen-bond donors (Lipinski definition) is 2. The maximum absolute atomic E-state index is 12.0. The van der Waals surface area contributed by atoms with Crippen LogP contribution in [-0.2, 0) is 16.0 Å². The molecule has 0 heterocycles. The molecule has 2 N–H and O–H groups in total. The maximum atomic E-state index is 12.0. The number of thiocarbonyl (C=S) groups is 1. The van der Waals surface area contributed by atoms with Crippen molar-refractivity contribution < 1.29 is 19.1 Å². The summed E-state index contributed by atoms with van der Waals surface area (Å²) in [7, 11) is 0. The first-order valence-corrected chi connectivity index (χ1v) is 9.52. The molecule has 0 fully saturated rings. The highest BCUT2D eigenvalue weighted by Gasteiger charge is 2.08. The quantitative estimate of drug-likeness (QED) is 0.520. The molecule has 2 rings (SSSR count). The van der Waals surface area contributed by atoms with Crippen molar-refractivity contribution >= 4 is 34.9 Å². The van der Waals surface area contributed by atoms with Crippen LogP contribution in [0.25, 0.3) is 0 Å². The Bertz CT molecular complexity index is 804. The van der Waals surface area contributed by atoms with Crippen LogP contribution in [0.3, 0.4) is 0 Å². The smallest absolute Gasteiger partial charge is 0.338 e. The SMILES string of the molecule is CCCOC(=O)c1ccc(NC(=S)NC(=O)COc2ccc(CC)cc2)cc1. The van der Waals surface area contributed by atoms with E-state index in [1.54, 1.807) is 24.3 Å². The lowest BCUT2D eigenvalue weighted by Gasteiger charge is -2.11. The first kappa shape index (κ1) is 21.4. The summed E-state index contributed by atoms with van der Waals surface area (Å²) in [4.78, 5) is 23.7. The molecule has 1 amide bonds. The molecule has 2 aromatic carbocycles. The lowest BCUT2D eigenvalue weighted by atomic mass is 10.2. The predicted molar refractivity (Wildman–Crippen MR) is 113 cm³/mol. The Kier molecular flexibility index (Phi) is 8.42. The molecule has 0 saturated heterocycles. The summed E-state index contributed by atoms with van der Waals surface area (Å²) in [5.41, 5.74) is 2.30.